The number of hydrogen-bond donors (Lipinski definition) is 0. The molecule has 0 radical (unpaired) electrons. The number of alkyl halides is 3. The van der Waals surface area contributed by atoms with E-state index in [4.69, 9.17) is 4.74 Å². The van der Waals surface area contributed by atoms with Gasteiger partial charge in [0.1, 0.15) is 6.10 Å². The predicted octanol–water partition coefficient (Wildman–Crippen LogP) is 2.84. The average molecular weight is 348 g/mol. The molecule has 1 fully saturated rings. The SMILES string of the molecule is C/C(=C\C(=O)OC1CCS(=O)(=O)C1)c1cccc(C(F)(F)F)c1. The molecule has 1 aromatic carbocycles. The second-order valence-electron chi connectivity index (χ2n) is 5.37. The topological polar surface area (TPSA) is 60.4 Å². The van der Waals surface area contributed by atoms with E-state index in [1.807, 2.05) is 0 Å². The highest BCUT2D eigenvalue weighted by atomic mass is 32.2. The number of benzene rings is 1. The Morgan fingerprint density at radius 3 is 2.61 bits per heavy atom. The summed E-state index contributed by atoms with van der Waals surface area (Å²) in [6, 6.07) is 4.59. The van der Waals surface area contributed by atoms with Crippen LogP contribution in [0.3, 0.4) is 0 Å². The van der Waals surface area contributed by atoms with E-state index in [9.17, 15) is 26.4 Å². The van der Waals surface area contributed by atoms with E-state index in [1.165, 1.54) is 19.1 Å². The normalized spacial score (nSPS) is 21.2. The van der Waals surface area contributed by atoms with Gasteiger partial charge in [-0.1, -0.05) is 12.1 Å². The zero-order chi connectivity index (χ0) is 17.3. The van der Waals surface area contributed by atoms with Crippen LogP contribution in [0, 0.1) is 0 Å². The summed E-state index contributed by atoms with van der Waals surface area (Å²) in [5.41, 5.74) is -0.254. The summed E-state index contributed by atoms with van der Waals surface area (Å²) in [5, 5.41) is 0. The Kier molecular flexibility index (Phi) is 4.84. The minimum absolute atomic E-state index is 0.0265. The molecule has 1 aliphatic rings. The number of allylic oxidation sites excluding steroid dienone is 1. The maximum Gasteiger partial charge on any atom is 0.416 e. The van der Waals surface area contributed by atoms with Crippen molar-refractivity contribution < 1.29 is 31.1 Å². The Labute approximate surface area is 131 Å². The van der Waals surface area contributed by atoms with Gasteiger partial charge >= 0.3 is 12.1 Å². The predicted molar refractivity (Wildman–Crippen MR) is 78.2 cm³/mol. The van der Waals surface area contributed by atoms with Crippen LogP contribution in [0.5, 0.6) is 0 Å². The van der Waals surface area contributed by atoms with Crippen molar-refractivity contribution in [1.82, 2.24) is 0 Å². The Morgan fingerprint density at radius 1 is 1.35 bits per heavy atom. The molecule has 1 atom stereocenters. The van der Waals surface area contributed by atoms with Gasteiger partial charge in [-0.2, -0.15) is 13.2 Å². The Morgan fingerprint density at radius 2 is 2.04 bits per heavy atom. The number of ether oxygens (including phenoxy) is 1. The molecule has 0 aliphatic carbocycles. The van der Waals surface area contributed by atoms with Gasteiger partial charge < -0.3 is 4.74 Å². The third-order valence-corrected chi connectivity index (χ3v) is 5.19. The minimum Gasteiger partial charge on any atom is -0.458 e. The summed E-state index contributed by atoms with van der Waals surface area (Å²) in [4.78, 5) is 11.8. The lowest BCUT2D eigenvalue weighted by Gasteiger charge is -2.10. The summed E-state index contributed by atoms with van der Waals surface area (Å²) in [6.45, 7) is 1.49. The lowest BCUT2D eigenvalue weighted by molar-refractivity contribution is -0.141. The monoisotopic (exact) mass is 348 g/mol. The second kappa shape index (κ2) is 6.35. The molecule has 126 valence electrons. The van der Waals surface area contributed by atoms with Gasteiger partial charge in [0.2, 0.25) is 0 Å². The molecule has 0 N–H and O–H groups in total. The van der Waals surface area contributed by atoms with Crippen LogP contribution < -0.4 is 0 Å². The molecule has 0 bridgehead atoms. The van der Waals surface area contributed by atoms with Crippen molar-refractivity contribution in [2.45, 2.75) is 25.6 Å². The highest BCUT2D eigenvalue weighted by Crippen LogP contribution is 2.31. The van der Waals surface area contributed by atoms with Crippen LogP contribution in [0.25, 0.3) is 5.57 Å². The van der Waals surface area contributed by atoms with Gasteiger partial charge in [0.25, 0.3) is 0 Å². The minimum atomic E-state index is -4.46. The molecule has 0 aromatic heterocycles. The molecular formula is C15H15F3O4S. The first kappa shape index (κ1) is 17.5. The summed E-state index contributed by atoms with van der Waals surface area (Å²) >= 11 is 0. The second-order valence-corrected chi connectivity index (χ2v) is 7.60. The zero-order valence-corrected chi connectivity index (χ0v) is 13.1. The Bertz CT molecular complexity index is 735. The van der Waals surface area contributed by atoms with Gasteiger partial charge in [-0.3, -0.25) is 0 Å². The van der Waals surface area contributed by atoms with E-state index in [2.05, 4.69) is 0 Å². The largest absolute Gasteiger partial charge is 0.458 e. The zero-order valence-electron chi connectivity index (χ0n) is 12.3. The number of halogens is 3. The van der Waals surface area contributed by atoms with Crippen molar-refractivity contribution in [3.05, 3.63) is 41.5 Å². The Hall–Kier alpha value is -1.83. The van der Waals surface area contributed by atoms with Crippen molar-refractivity contribution >= 4 is 21.4 Å². The first-order valence-corrected chi connectivity index (χ1v) is 8.66. The molecule has 1 aromatic rings. The first-order chi connectivity index (χ1) is 10.6. The molecular weight excluding hydrogens is 333 g/mol. The van der Waals surface area contributed by atoms with Crippen molar-refractivity contribution in [1.29, 1.82) is 0 Å². The summed E-state index contributed by atoms with van der Waals surface area (Å²) < 4.78 is 65.6. The van der Waals surface area contributed by atoms with Gasteiger partial charge in [0.15, 0.2) is 9.84 Å². The number of esters is 1. The third-order valence-electron chi connectivity index (χ3n) is 3.45. The van der Waals surface area contributed by atoms with E-state index >= 15 is 0 Å². The number of sulfone groups is 1. The summed E-state index contributed by atoms with van der Waals surface area (Å²) in [5.74, 6) is -1.00. The maximum absolute atomic E-state index is 12.7. The molecule has 1 aliphatic heterocycles. The van der Waals surface area contributed by atoms with Crippen molar-refractivity contribution in [2.75, 3.05) is 11.5 Å². The van der Waals surface area contributed by atoms with Crippen LogP contribution in [-0.2, 0) is 25.5 Å². The molecule has 0 amide bonds. The molecule has 2 rings (SSSR count). The fourth-order valence-electron chi connectivity index (χ4n) is 2.25. The fourth-order valence-corrected chi connectivity index (χ4v) is 3.84. The molecule has 1 saturated heterocycles. The van der Waals surface area contributed by atoms with E-state index in [1.54, 1.807) is 0 Å². The quantitative estimate of drug-likeness (QED) is 0.623. The first-order valence-electron chi connectivity index (χ1n) is 6.84. The van der Waals surface area contributed by atoms with Gasteiger partial charge in [0.05, 0.1) is 17.1 Å². The molecule has 8 heteroatoms. The summed E-state index contributed by atoms with van der Waals surface area (Å²) in [7, 11) is -3.17. The number of rotatable bonds is 3. The molecule has 1 unspecified atom stereocenters. The summed E-state index contributed by atoms with van der Waals surface area (Å²) in [6.07, 6.45) is -3.85. The fraction of sp³-hybridized carbons (Fsp3) is 0.400. The molecule has 0 spiro atoms. The molecule has 4 nitrogen and oxygen atoms in total. The lowest BCUT2D eigenvalue weighted by Crippen LogP contribution is -2.18. The highest BCUT2D eigenvalue weighted by molar-refractivity contribution is 7.91. The lowest BCUT2D eigenvalue weighted by atomic mass is 10.0. The van der Waals surface area contributed by atoms with Crippen molar-refractivity contribution in [2.24, 2.45) is 0 Å². The number of carbonyl (C=O) groups is 1. The smallest absolute Gasteiger partial charge is 0.416 e. The van der Waals surface area contributed by atoms with Crippen LogP contribution in [0.2, 0.25) is 0 Å². The van der Waals surface area contributed by atoms with Gasteiger partial charge in [-0.15, -0.1) is 0 Å². The van der Waals surface area contributed by atoms with E-state index in [-0.39, 0.29) is 23.5 Å². The molecule has 1 heterocycles. The van der Waals surface area contributed by atoms with Gasteiger partial charge in [0, 0.05) is 6.08 Å². The maximum atomic E-state index is 12.7. The van der Waals surface area contributed by atoms with Crippen LogP contribution in [0.1, 0.15) is 24.5 Å². The van der Waals surface area contributed by atoms with Gasteiger partial charge in [-0.25, -0.2) is 13.2 Å². The standard InChI is InChI=1S/C15H15F3O4S/c1-10(11-3-2-4-12(8-11)15(16,17)18)7-14(19)22-13-5-6-23(20,21)9-13/h2-4,7-8,13H,5-6,9H2,1H3/b10-7+. The molecule has 0 saturated carbocycles. The van der Waals surface area contributed by atoms with Crippen LogP contribution in [-0.4, -0.2) is 32.0 Å². The third kappa shape index (κ3) is 4.82. The molecule has 23 heavy (non-hydrogen) atoms. The van der Waals surface area contributed by atoms with Crippen LogP contribution >= 0.6 is 0 Å². The number of carbonyl (C=O) groups excluding carboxylic acids is 1. The van der Waals surface area contributed by atoms with Crippen molar-refractivity contribution in [3.63, 3.8) is 0 Å². The number of hydrogen-bond acceptors (Lipinski definition) is 4. The van der Waals surface area contributed by atoms with E-state index < -0.39 is 33.7 Å². The Balaban J connectivity index is 2.09. The van der Waals surface area contributed by atoms with Crippen molar-refractivity contribution in [3.8, 4) is 0 Å². The van der Waals surface area contributed by atoms with Gasteiger partial charge in [-0.05, 0) is 36.6 Å². The highest BCUT2D eigenvalue weighted by Gasteiger charge is 2.31. The average Bonchev–Trinajstić information content (AvgIpc) is 2.76. The van der Waals surface area contributed by atoms with Crippen LogP contribution in [0.4, 0.5) is 13.2 Å². The van der Waals surface area contributed by atoms with E-state index in [0.717, 1.165) is 18.2 Å². The van der Waals surface area contributed by atoms with Crippen LogP contribution in [0.15, 0.2) is 30.3 Å². The van der Waals surface area contributed by atoms with E-state index in [0.29, 0.717) is 5.57 Å².